The van der Waals surface area contributed by atoms with Crippen LogP contribution in [0.5, 0.6) is 0 Å². The van der Waals surface area contributed by atoms with Crippen LogP contribution in [0, 0.1) is 5.92 Å². The number of nitrogens with two attached hydrogens (primary N) is 1. The van der Waals surface area contributed by atoms with Crippen molar-refractivity contribution >= 4 is 5.97 Å². The molecule has 1 fully saturated rings. The van der Waals surface area contributed by atoms with Gasteiger partial charge in [0.05, 0.1) is 0 Å². The fourth-order valence-electron chi connectivity index (χ4n) is 2.01. The summed E-state index contributed by atoms with van der Waals surface area (Å²) in [4.78, 5) is 10.4. The minimum atomic E-state index is -0.865. The van der Waals surface area contributed by atoms with Crippen LogP contribution in [0.1, 0.15) is 44.9 Å². The summed E-state index contributed by atoms with van der Waals surface area (Å²) in [6.07, 6.45) is 8.15. The molecule has 0 aromatic heterocycles. The Morgan fingerprint density at radius 3 is 2.54 bits per heavy atom. The lowest BCUT2D eigenvalue weighted by Gasteiger charge is -2.21. The molecule has 1 atom stereocenters. The Balaban J connectivity index is 2.13. The number of hydrogen-bond donors (Lipinski definition) is 2. The molecule has 0 aliphatic heterocycles. The summed E-state index contributed by atoms with van der Waals surface area (Å²) >= 11 is 0. The number of carboxylic acid groups (broad SMARTS) is 1. The Labute approximate surface area is 79.3 Å². The zero-order valence-corrected chi connectivity index (χ0v) is 8.04. The van der Waals surface area contributed by atoms with E-state index >= 15 is 0 Å². The van der Waals surface area contributed by atoms with Gasteiger partial charge < -0.3 is 10.8 Å². The fraction of sp³-hybridized carbons (Fsp3) is 0.900. The Kier molecular flexibility index (Phi) is 4.22. The summed E-state index contributed by atoms with van der Waals surface area (Å²) < 4.78 is 0. The molecule has 3 N–H and O–H groups in total. The molecular weight excluding hydrogens is 166 g/mol. The molecule has 1 aliphatic carbocycles. The third-order valence-electron chi connectivity index (χ3n) is 2.93. The Hall–Kier alpha value is -0.570. The van der Waals surface area contributed by atoms with Crippen LogP contribution in [-0.4, -0.2) is 17.1 Å². The molecule has 0 radical (unpaired) electrons. The summed E-state index contributed by atoms with van der Waals surface area (Å²) in [5.41, 5.74) is 5.43. The molecule has 0 heterocycles. The van der Waals surface area contributed by atoms with Crippen LogP contribution >= 0.6 is 0 Å². The van der Waals surface area contributed by atoms with Gasteiger partial charge in [-0.1, -0.05) is 32.1 Å². The second-order valence-corrected chi connectivity index (χ2v) is 4.03. The van der Waals surface area contributed by atoms with E-state index in [1.54, 1.807) is 0 Å². The summed E-state index contributed by atoms with van der Waals surface area (Å²) in [7, 11) is 0. The maximum absolute atomic E-state index is 10.4. The lowest BCUT2D eigenvalue weighted by atomic mass is 9.85. The second-order valence-electron chi connectivity index (χ2n) is 4.03. The minimum absolute atomic E-state index is 0.639. The van der Waals surface area contributed by atoms with E-state index in [9.17, 15) is 4.79 Å². The first-order valence-electron chi connectivity index (χ1n) is 5.18. The highest BCUT2D eigenvalue weighted by Crippen LogP contribution is 2.27. The normalized spacial score (nSPS) is 21.3. The van der Waals surface area contributed by atoms with Crippen molar-refractivity contribution in [1.29, 1.82) is 0 Å². The molecule has 1 rings (SSSR count). The van der Waals surface area contributed by atoms with Gasteiger partial charge in [-0.05, 0) is 18.8 Å². The molecule has 76 valence electrons. The summed E-state index contributed by atoms with van der Waals surface area (Å²) in [6.45, 7) is 0. The molecule has 1 aliphatic rings. The van der Waals surface area contributed by atoms with Crippen molar-refractivity contribution in [3.8, 4) is 0 Å². The average Bonchev–Trinajstić information content (AvgIpc) is 2.15. The zero-order valence-electron chi connectivity index (χ0n) is 8.04. The quantitative estimate of drug-likeness (QED) is 0.701. The minimum Gasteiger partial charge on any atom is -0.480 e. The molecule has 3 nitrogen and oxygen atoms in total. The number of aliphatic carboxylic acids is 1. The highest BCUT2D eigenvalue weighted by atomic mass is 16.4. The predicted octanol–water partition coefficient (Wildman–Crippen LogP) is 1.76. The summed E-state index contributed by atoms with van der Waals surface area (Å²) in [5.74, 6) is -0.130. The van der Waals surface area contributed by atoms with Crippen molar-refractivity contribution in [2.24, 2.45) is 11.7 Å². The van der Waals surface area contributed by atoms with Gasteiger partial charge >= 0.3 is 5.97 Å². The Morgan fingerprint density at radius 1 is 1.38 bits per heavy atom. The van der Waals surface area contributed by atoms with Crippen LogP contribution in [0.2, 0.25) is 0 Å². The van der Waals surface area contributed by atoms with E-state index in [1.807, 2.05) is 0 Å². The lowest BCUT2D eigenvalue weighted by molar-refractivity contribution is -0.138. The second kappa shape index (κ2) is 5.22. The van der Waals surface area contributed by atoms with Crippen molar-refractivity contribution in [2.45, 2.75) is 51.0 Å². The van der Waals surface area contributed by atoms with Crippen molar-refractivity contribution in [3.05, 3.63) is 0 Å². The van der Waals surface area contributed by atoms with Gasteiger partial charge in [0.25, 0.3) is 0 Å². The van der Waals surface area contributed by atoms with E-state index in [4.69, 9.17) is 10.8 Å². The maximum Gasteiger partial charge on any atom is 0.320 e. The van der Waals surface area contributed by atoms with E-state index < -0.39 is 12.0 Å². The molecular formula is C10H19NO2. The SMILES string of the molecule is NC(CCC1CCCCC1)C(=O)O. The first-order chi connectivity index (χ1) is 6.20. The highest BCUT2D eigenvalue weighted by molar-refractivity contribution is 5.72. The third kappa shape index (κ3) is 3.77. The van der Waals surface area contributed by atoms with Crippen LogP contribution < -0.4 is 5.73 Å². The van der Waals surface area contributed by atoms with Crippen molar-refractivity contribution in [2.75, 3.05) is 0 Å². The third-order valence-corrected chi connectivity index (χ3v) is 2.93. The number of hydrogen-bond acceptors (Lipinski definition) is 2. The van der Waals surface area contributed by atoms with Gasteiger partial charge in [-0.25, -0.2) is 0 Å². The molecule has 3 heteroatoms. The van der Waals surface area contributed by atoms with Crippen LogP contribution in [-0.2, 0) is 4.79 Å². The topological polar surface area (TPSA) is 63.3 Å². The van der Waals surface area contributed by atoms with E-state index in [-0.39, 0.29) is 0 Å². The molecule has 0 bridgehead atoms. The molecule has 0 amide bonds. The Morgan fingerprint density at radius 2 is 2.00 bits per heavy atom. The smallest absolute Gasteiger partial charge is 0.320 e. The van der Waals surface area contributed by atoms with Crippen LogP contribution in [0.3, 0.4) is 0 Å². The largest absolute Gasteiger partial charge is 0.480 e. The molecule has 1 unspecified atom stereocenters. The first kappa shape index (κ1) is 10.5. The van der Waals surface area contributed by atoms with Gasteiger partial charge in [0.1, 0.15) is 6.04 Å². The van der Waals surface area contributed by atoms with Gasteiger partial charge in [-0.15, -0.1) is 0 Å². The van der Waals surface area contributed by atoms with E-state index in [2.05, 4.69) is 0 Å². The molecule has 0 aromatic rings. The standard InChI is InChI=1S/C10H19NO2/c11-9(10(12)13)7-6-8-4-2-1-3-5-8/h8-9H,1-7,11H2,(H,12,13). The Bertz CT molecular complexity index is 164. The van der Waals surface area contributed by atoms with E-state index in [1.165, 1.54) is 32.1 Å². The highest BCUT2D eigenvalue weighted by Gasteiger charge is 2.17. The molecule has 0 spiro atoms. The fourth-order valence-corrected chi connectivity index (χ4v) is 2.01. The van der Waals surface area contributed by atoms with Gasteiger partial charge in [-0.2, -0.15) is 0 Å². The van der Waals surface area contributed by atoms with Gasteiger partial charge in [0, 0.05) is 0 Å². The summed E-state index contributed by atoms with van der Waals surface area (Å²) in [5, 5.41) is 8.59. The molecule has 0 aromatic carbocycles. The monoisotopic (exact) mass is 185 g/mol. The zero-order chi connectivity index (χ0) is 9.68. The van der Waals surface area contributed by atoms with E-state index in [0.29, 0.717) is 6.42 Å². The maximum atomic E-state index is 10.4. The summed E-state index contributed by atoms with van der Waals surface area (Å²) in [6, 6.07) is -0.651. The molecule has 13 heavy (non-hydrogen) atoms. The van der Waals surface area contributed by atoms with Crippen LogP contribution in [0.25, 0.3) is 0 Å². The predicted molar refractivity (Wildman–Crippen MR) is 51.4 cm³/mol. The van der Waals surface area contributed by atoms with Gasteiger partial charge in [0.2, 0.25) is 0 Å². The number of rotatable bonds is 4. The van der Waals surface area contributed by atoms with Crippen molar-refractivity contribution < 1.29 is 9.90 Å². The van der Waals surface area contributed by atoms with Crippen LogP contribution in [0.4, 0.5) is 0 Å². The van der Waals surface area contributed by atoms with Crippen molar-refractivity contribution in [1.82, 2.24) is 0 Å². The lowest BCUT2D eigenvalue weighted by Crippen LogP contribution is -2.30. The average molecular weight is 185 g/mol. The van der Waals surface area contributed by atoms with Crippen molar-refractivity contribution in [3.63, 3.8) is 0 Å². The van der Waals surface area contributed by atoms with Gasteiger partial charge in [0.15, 0.2) is 0 Å². The number of carbonyl (C=O) groups is 1. The first-order valence-corrected chi connectivity index (χ1v) is 5.18. The van der Waals surface area contributed by atoms with Gasteiger partial charge in [-0.3, -0.25) is 4.79 Å². The van der Waals surface area contributed by atoms with Crippen LogP contribution in [0.15, 0.2) is 0 Å². The van der Waals surface area contributed by atoms with E-state index in [0.717, 1.165) is 12.3 Å². The molecule has 1 saturated carbocycles. The molecule has 0 saturated heterocycles. The number of carboxylic acids is 1.